The average Bonchev–Trinajstić information content (AvgIpc) is 3.15. The molecule has 4 saturated carbocycles. The van der Waals surface area contributed by atoms with Gasteiger partial charge in [-0.15, -0.1) is 0 Å². The third-order valence-electron chi connectivity index (χ3n) is 11.5. The standard InChI is InChI=1S/C31H50O4/c1-20(2)7-6-8-21(3)25-11-12-26-24-10-9-22-19-23(35-29(34)14-13-28(32)33)15-17-30(22,4)27(24)16-18-31(25,26)5/h13-14,20-27H,6-12,15-19H2,1-5H3,(H,32,33)/b14-13-. The van der Waals surface area contributed by atoms with E-state index in [1.165, 1.54) is 57.8 Å². The van der Waals surface area contributed by atoms with Gasteiger partial charge in [0.1, 0.15) is 6.10 Å². The Morgan fingerprint density at radius 1 is 0.914 bits per heavy atom. The largest absolute Gasteiger partial charge is 0.478 e. The van der Waals surface area contributed by atoms with Gasteiger partial charge in [-0.2, -0.15) is 0 Å². The van der Waals surface area contributed by atoms with E-state index in [9.17, 15) is 9.59 Å². The Bertz CT molecular complexity index is 802. The second-order valence-electron chi connectivity index (χ2n) is 13.7. The zero-order valence-corrected chi connectivity index (χ0v) is 22.9. The van der Waals surface area contributed by atoms with Gasteiger partial charge >= 0.3 is 11.9 Å². The van der Waals surface area contributed by atoms with Crippen LogP contribution in [0.15, 0.2) is 12.2 Å². The third-order valence-corrected chi connectivity index (χ3v) is 11.5. The molecule has 4 nitrogen and oxygen atoms in total. The molecule has 9 atom stereocenters. The van der Waals surface area contributed by atoms with Gasteiger partial charge in [0.2, 0.25) is 0 Å². The number of carboxylic acid groups (broad SMARTS) is 1. The highest BCUT2D eigenvalue weighted by atomic mass is 16.5. The SMILES string of the molecule is CC(C)CCCC(C)C1CCC2C3CCC4CC(OC(=O)/C=C\C(=O)O)CCC4(C)C3CCC12C. The number of hydrogen-bond donors (Lipinski definition) is 1. The van der Waals surface area contributed by atoms with Crippen molar-refractivity contribution in [3.05, 3.63) is 12.2 Å². The van der Waals surface area contributed by atoms with Gasteiger partial charge in [-0.05, 0) is 110 Å². The van der Waals surface area contributed by atoms with Gasteiger partial charge in [0, 0.05) is 12.2 Å². The molecule has 1 N–H and O–H groups in total. The van der Waals surface area contributed by atoms with E-state index in [0.717, 1.165) is 66.9 Å². The smallest absolute Gasteiger partial charge is 0.331 e. The fraction of sp³-hybridized carbons (Fsp3) is 0.871. The second kappa shape index (κ2) is 10.6. The lowest BCUT2D eigenvalue weighted by Gasteiger charge is -2.61. The molecule has 0 heterocycles. The number of carboxylic acids is 1. The predicted molar refractivity (Wildman–Crippen MR) is 140 cm³/mol. The first-order valence-electron chi connectivity index (χ1n) is 14.7. The van der Waals surface area contributed by atoms with Crippen molar-refractivity contribution in [1.29, 1.82) is 0 Å². The molecule has 198 valence electrons. The van der Waals surface area contributed by atoms with Crippen molar-refractivity contribution in [1.82, 2.24) is 0 Å². The molecule has 4 aliphatic carbocycles. The molecule has 4 aliphatic rings. The molecule has 4 heteroatoms. The van der Waals surface area contributed by atoms with Crippen molar-refractivity contribution < 1.29 is 19.4 Å². The molecule has 0 spiro atoms. The molecule has 0 bridgehead atoms. The lowest BCUT2D eigenvalue weighted by molar-refractivity contribution is -0.158. The lowest BCUT2D eigenvalue weighted by atomic mass is 9.44. The fourth-order valence-electron chi connectivity index (χ4n) is 9.69. The van der Waals surface area contributed by atoms with Crippen molar-refractivity contribution in [3.8, 4) is 0 Å². The molecular formula is C31H50O4. The average molecular weight is 487 g/mol. The van der Waals surface area contributed by atoms with Gasteiger partial charge in [0.25, 0.3) is 0 Å². The molecule has 4 rings (SSSR count). The van der Waals surface area contributed by atoms with E-state index in [1.807, 2.05) is 0 Å². The summed E-state index contributed by atoms with van der Waals surface area (Å²) in [6, 6.07) is 0. The van der Waals surface area contributed by atoms with Crippen molar-refractivity contribution in [2.24, 2.45) is 52.3 Å². The van der Waals surface area contributed by atoms with Crippen molar-refractivity contribution in [3.63, 3.8) is 0 Å². The summed E-state index contributed by atoms with van der Waals surface area (Å²) in [4.78, 5) is 22.8. The molecule has 0 radical (unpaired) electrons. The molecule has 4 fully saturated rings. The Balaban J connectivity index is 1.38. The monoisotopic (exact) mass is 486 g/mol. The molecule has 9 unspecified atom stereocenters. The molecule has 0 aromatic heterocycles. The van der Waals surface area contributed by atoms with Gasteiger partial charge in [0.15, 0.2) is 0 Å². The van der Waals surface area contributed by atoms with E-state index in [1.54, 1.807) is 0 Å². The second-order valence-corrected chi connectivity index (χ2v) is 13.7. The van der Waals surface area contributed by atoms with Gasteiger partial charge in [-0.3, -0.25) is 0 Å². The van der Waals surface area contributed by atoms with Gasteiger partial charge < -0.3 is 9.84 Å². The van der Waals surface area contributed by atoms with E-state index in [0.29, 0.717) is 16.7 Å². The Labute approximate surface area is 213 Å². The molecule has 0 amide bonds. The predicted octanol–water partition coefficient (Wildman–Crippen LogP) is 7.66. The summed E-state index contributed by atoms with van der Waals surface area (Å²) in [5.74, 6) is 4.16. The molecule has 0 aromatic carbocycles. The van der Waals surface area contributed by atoms with Crippen LogP contribution in [0.2, 0.25) is 0 Å². The molecule has 0 aliphatic heterocycles. The van der Waals surface area contributed by atoms with Crippen molar-refractivity contribution in [2.75, 3.05) is 0 Å². The Kier molecular flexibility index (Phi) is 8.08. The minimum absolute atomic E-state index is 0.0630. The molecule has 35 heavy (non-hydrogen) atoms. The maximum atomic E-state index is 12.1. The number of hydrogen-bond acceptors (Lipinski definition) is 3. The van der Waals surface area contributed by atoms with Crippen molar-refractivity contribution >= 4 is 11.9 Å². The third kappa shape index (κ3) is 5.37. The molecular weight excluding hydrogens is 436 g/mol. The number of aliphatic carboxylic acids is 1. The number of fused-ring (bicyclic) bond motifs is 5. The van der Waals surface area contributed by atoms with Gasteiger partial charge in [-0.1, -0.05) is 53.9 Å². The summed E-state index contributed by atoms with van der Waals surface area (Å²) in [5, 5.41) is 8.76. The van der Waals surface area contributed by atoms with E-state index >= 15 is 0 Å². The minimum Gasteiger partial charge on any atom is -0.478 e. The summed E-state index contributed by atoms with van der Waals surface area (Å²) in [6.07, 6.45) is 17.3. The van der Waals surface area contributed by atoms with Crippen LogP contribution >= 0.6 is 0 Å². The van der Waals surface area contributed by atoms with E-state index in [2.05, 4.69) is 34.6 Å². The van der Waals surface area contributed by atoms with Gasteiger partial charge in [-0.25, -0.2) is 9.59 Å². The van der Waals surface area contributed by atoms with Crippen LogP contribution in [0.5, 0.6) is 0 Å². The van der Waals surface area contributed by atoms with E-state index in [-0.39, 0.29) is 6.10 Å². The first-order valence-corrected chi connectivity index (χ1v) is 14.7. The number of carbonyl (C=O) groups is 2. The number of esters is 1. The Morgan fingerprint density at radius 2 is 1.63 bits per heavy atom. The maximum Gasteiger partial charge on any atom is 0.331 e. The van der Waals surface area contributed by atoms with E-state index < -0.39 is 11.9 Å². The number of rotatable bonds is 8. The van der Waals surface area contributed by atoms with Crippen LogP contribution in [0.4, 0.5) is 0 Å². The highest BCUT2D eigenvalue weighted by Gasteiger charge is 2.60. The first kappa shape index (κ1) is 26.7. The van der Waals surface area contributed by atoms with Gasteiger partial charge in [0.05, 0.1) is 0 Å². The highest BCUT2D eigenvalue weighted by Crippen LogP contribution is 2.68. The lowest BCUT2D eigenvalue weighted by Crippen LogP contribution is -2.54. The summed E-state index contributed by atoms with van der Waals surface area (Å²) < 4.78 is 5.66. The summed E-state index contributed by atoms with van der Waals surface area (Å²) in [6.45, 7) is 12.5. The Hall–Kier alpha value is -1.32. The fourth-order valence-corrected chi connectivity index (χ4v) is 9.69. The molecule has 0 aromatic rings. The van der Waals surface area contributed by atoms with E-state index in [4.69, 9.17) is 9.84 Å². The van der Waals surface area contributed by atoms with Crippen molar-refractivity contribution in [2.45, 2.75) is 118 Å². The van der Waals surface area contributed by atoms with Crippen LogP contribution < -0.4 is 0 Å². The van der Waals surface area contributed by atoms with Crippen LogP contribution in [-0.4, -0.2) is 23.1 Å². The zero-order valence-electron chi connectivity index (χ0n) is 22.9. The summed E-state index contributed by atoms with van der Waals surface area (Å²) in [5.41, 5.74) is 0.899. The van der Waals surface area contributed by atoms with Crippen LogP contribution in [0.3, 0.4) is 0 Å². The minimum atomic E-state index is -1.11. The number of carbonyl (C=O) groups excluding carboxylic acids is 1. The first-order chi connectivity index (χ1) is 16.5. The highest BCUT2D eigenvalue weighted by molar-refractivity contribution is 5.90. The van der Waals surface area contributed by atoms with Crippen LogP contribution in [0.25, 0.3) is 0 Å². The van der Waals surface area contributed by atoms with Crippen LogP contribution in [0.1, 0.15) is 112 Å². The topological polar surface area (TPSA) is 63.6 Å². The van der Waals surface area contributed by atoms with Crippen LogP contribution in [0, 0.1) is 52.3 Å². The summed E-state index contributed by atoms with van der Waals surface area (Å²) in [7, 11) is 0. The number of ether oxygens (including phenoxy) is 1. The molecule has 0 saturated heterocycles. The quantitative estimate of drug-likeness (QED) is 0.282. The van der Waals surface area contributed by atoms with Crippen LogP contribution in [-0.2, 0) is 14.3 Å². The maximum absolute atomic E-state index is 12.1. The Morgan fingerprint density at radius 3 is 2.34 bits per heavy atom. The zero-order chi connectivity index (χ0) is 25.4. The normalized spacial score (nSPS) is 41.8. The summed E-state index contributed by atoms with van der Waals surface area (Å²) >= 11 is 0.